The molecule has 0 aliphatic heterocycles. The fraction of sp³-hybridized carbons (Fsp3) is 0.917. The summed E-state index contributed by atoms with van der Waals surface area (Å²) in [5.41, 5.74) is 5.79. The number of hydrogen-bond donors (Lipinski definition) is 2. The molecular formula is C12H24N2O. The standard InChI is InChI=1S/C12H24N2O/c1-8(2)11(13)12(15)14-9(3)10-6-4-5-7-10/h8-11H,4-7,13H2,1-3H3,(H,14,15)/t9-,11-/m0/s1. The van der Waals surface area contributed by atoms with Crippen LogP contribution in [0.15, 0.2) is 0 Å². The first-order valence-electron chi connectivity index (χ1n) is 6.08. The van der Waals surface area contributed by atoms with E-state index >= 15 is 0 Å². The largest absolute Gasteiger partial charge is 0.352 e. The first-order valence-corrected chi connectivity index (χ1v) is 6.08. The molecule has 0 aromatic rings. The quantitative estimate of drug-likeness (QED) is 0.744. The molecule has 1 fully saturated rings. The van der Waals surface area contributed by atoms with Gasteiger partial charge in [-0.05, 0) is 31.6 Å². The molecule has 0 heterocycles. The van der Waals surface area contributed by atoms with E-state index in [1.54, 1.807) is 0 Å². The summed E-state index contributed by atoms with van der Waals surface area (Å²) in [4.78, 5) is 11.7. The molecule has 0 aromatic heterocycles. The highest BCUT2D eigenvalue weighted by atomic mass is 16.2. The van der Waals surface area contributed by atoms with Crippen molar-refractivity contribution in [3.63, 3.8) is 0 Å². The van der Waals surface area contributed by atoms with Gasteiger partial charge in [-0.3, -0.25) is 4.79 Å². The van der Waals surface area contributed by atoms with Gasteiger partial charge in [-0.15, -0.1) is 0 Å². The maximum absolute atomic E-state index is 11.7. The molecule has 15 heavy (non-hydrogen) atoms. The SMILES string of the molecule is CC(C)[C@H](N)C(=O)N[C@@H](C)C1CCCC1. The van der Waals surface area contributed by atoms with Crippen molar-refractivity contribution in [1.29, 1.82) is 0 Å². The first kappa shape index (κ1) is 12.5. The van der Waals surface area contributed by atoms with Gasteiger partial charge in [0.05, 0.1) is 6.04 Å². The second-order valence-electron chi connectivity index (χ2n) is 5.11. The van der Waals surface area contributed by atoms with Crippen LogP contribution in [0.5, 0.6) is 0 Å². The van der Waals surface area contributed by atoms with Crippen LogP contribution < -0.4 is 11.1 Å². The molecule has 0 bridgehead atoms. The van der Waals surface area contributed by atoms with Crippen LogP contribution in [0.3, 0.4) is 0 Å². The van der Waals surface area contributed by atoms with Crippen LogP contribution in [-0.2, 0) is 4.79 Å². The van der Waals surface area contributed by atoms with E-state index in [9.17, 15) is 4.79 Å². The summed E-state index contributed by atoms with van der Waals surface area (Å²) in [5.74, 6) is 0.874. The number of amides is 1. The Morgan fingerprint density at radius 3 is 2.27 bits per heavy atom. The van der Waals surface area contributed by atoms with E-state index in [2.05, 4.69) is 12.2 Å². The molecule has 1 rings (SSSR count). The van der Waals surface area contributed by atoms with E-state index < -0.39 is 0 Å². The number of nitrogens with two attached hydrogens (primary N) is 1. The van der Waals surface area contributed by atoms with Crippen LogP contribution in [0.4, 0.5) is 0 Å². The maximum Gasteiger partial charge on any atom is 0.237 e. The van der Waals surface area contributed by atoms with Crippen molar-refractivity contribution in [3.05, 3.63) is 0 Å². The predicted octanol–water partition coefficient (Wildman–Crippen LogP) is 1.66. The minimum absolute atomic E-state index is 0.00407. The van der Waals surface area contributed by atoms with Gasteiger partial charge in [-0.1, -0.05) is 26.7 Å². The Kier molecular flexibility index (Phi) is 4.58. The zero-order valence-corrected chi connectivity index (χ0v) is 10.1. The van der Waals surface area contributed by atoms with Gasteiger partial charge in [0.25, 0.3) is 0 Å². The van der Waals surface area contributed by atoms with E-state index in [4.69, 9.17) is 5.73 Å². The summed E-state index contributed by atoms with van der Waals surface area (Å²) in [5, 5.41) is 3.04. The van der Waals surface area contributed by atoms with Gasteiger partial charge < -0.3 is 11.1 Å². The van der Waals surface area contributed by atoms with Crippen molar-refractivity contribution >= 4 is 5.91 Å². The van der Waals surface area contributed by atoms with Gasteiger partial charge in [0.1, 0.15) is 0 Å². The Morgan fingerprint density at radius 1 is 1.27 bits per heavy atom. The number of carbonyl (C=O) groups excluding carboxylic acids is 1. The molecule has 2 atom stereocenters. The Bertz CT molecular complexity index is 210. The third-order valence-electron chi connectivity index (χ3n) is 3.50. The minimum atomic E-state index is -0.367. The Morgan fingerprint density at radius 2 is 1.80 bits per heavy atom. The second kappa shape index (κ2) is 5.50. The fourth-order valence-corrected chi connectivity index (χ4v) is 2.20. The number of carbonyl (C=O) groups is 1. The smallest absolute Gasteiger partial charge is 0.237 e. The molecule has 0 radical (unpaired) electrons. The molecule has 0 saturated heterocycles. The molecule has 0 unspecified atom stereocenters. The average molecular weight is 212 g/mol. The molecule has 3 nitrogen and oxygen atoms in total. The van der Waals surface area contributed by atoms with Crippen LogP contribution in [0.1, 0.15) is 46.5 Å². The monoisotopic (exact) mass is 212 g/mol. The van der Waals surface area contributed by atoms with Crippen molar-refractivity contribution < 1.29 is 4.79 Å². The highest BCUT2D eigenvalue weighted by molar-refractivity contribution is 5.81. The van der Waals surface area contributed by atoms with E-state index in [1.165, 1.54) is 25.7 Å². The van der Waals surface area contributed by atoms with Gasteiger partial charge in [0, 0.05) is 6.04 Å². The second-order valence-corrected chi connectivity index (χ2v) is 5.11. The Balaban J connectivity index is 2.36. The summed E-state index contributed by atoms with van der Waals surface area (Å²) in [6, 6.07) is -0.0846. The minimum Gasteiger partial charge on any atom is -0.352 e. The van der Waals surface area contributed by atoms with Crippen molar-refractivity contribution in [2.45, 2.75) is 58.5 Å². The lowest BCUT2D eigenvalue weighted by molar-refractivity contribution is -0.124. The van der Waals surface area contributed by atoms with Gasteiger partial charge in [-0.2, -0.15) is 0 Å². The summed E-state index contributed by atoms with van der Waals surface area (Å²) in [7, 11) is 0. The molecule has 3 heteroatoms. The van der Waals surface area contributed by atoms with Crippen molar-refractivity contribution in [2.24, 2.45) is 17.6 Å². The lowest BCUT2D eigenvalue weighted by Gasteiger charge is -2.23. The lowest BCUT2D eigenvalue weighted by atomic mass is 9.98. The zero-order chi connectivity index (χ0) is 11.4. The molecule has 1 amide bonds. The molecule has 1 saturated carbocycles. The third kappa shape index (κ3) is 3.49. The first-order chi connectivity index (χ1) is 7.02. The molecule has 88 valence electrons. The number of rotatable bonds is 4. The topological polar surface area (TPSA) is 55.1 Å². The summed E-state index contributed by atoms with van der Waals surface area (Å²) in [6.45, 7) is 6.05. The van der Waals surface area contributed by atoms with Crippen molar-refractivity contribution in [2.75, 3.05) is 0 Å². The molecule has 1 aliphatic carbocycles. The highest BCUT2D eigenvalue weighted by Gasteiger charge is 2.25. The van der Waals surface area contributed by atoms with Crippen LogP contribution in [0.2, 0.25) is 0 Å². The van der Waals surface area contributed by atoms with Crippen molar-refractivity contribution in [3.8, 4) is 0 Å². The Hall–Kier alpha value is -0.570. The molecule has 0 spiro atoms. The predicted molar refractivity (Wildman–Crippen MR) is 62.4 cm³/mol. The average Bonchev–Trinajstić information content (AvgIpc) is 2.68. The third-order valence-corrected chi connectivity index (χ3v) is 3.50. The summed E-state index contributed by atoms with van der Waals surface area (Å²) < 4.78 is 0. The van der Waals surface area contributed by atoms with Crippen LogP contribution in [0.25, 0.3) is 0 Å². The maximum atomic E-state index is 11.7. The number of nitrogens with one attached hydrogen (secondary N) is 1. The molecule has 3 N–H and O–H groups in total. The van der Waals surface area contributed by atoms with Crippen LogP contribution in [-0.4, -0.2) is 18.0 Å². The molecular weight excluding hydrogens is 188 g/mol. The van der Waals surface area contributed by atoms with Gasteiger partial charge in [-0.25, -0.2) is 0 Å². The highest BCUT2D eigenvalue weighted by Crippen LogP contribution is 2.27. The van der Waals surface area contributed by atoms with Gasteiger partial charge in [0.2, 0.25) is 5.91 Å². The van der Waals surface area contributed by atoms with Gasteiger partial charge >= 0.3 is 0 Å². The molecule has 1 aliphatic rings. The summed E-state index contributed by atoms with van der Waals surface area (Å²) >= 11 is 0. The zero-order valence-electron chi connectivity index (χ0n) is 10.1. The normalized spacial score (nSPS) is 21.7. The van der Waals surface area contributed by atoms with E-state index in [0.717, 1.165) is 0 Å². The molecule has 0 aromatic carbocycles. The van der Waals surface area contributed by atoms with Gasteiger partial charge in [0.15, 0.2) is 0 Å². The van der Waals surface area contributed by atoms with E-state index in [-0.39, 0.29) is 23.9 Å². The van der Waals surface area contributed by atoms with Crippen LogP contribution in [0, 0.1) is 11.8 Å². The Labute approximate surface area is 92.8 Å². The summed E-state index contributed by atoms with van der Waals surface area (Å²) in [6.07, 6.45) is 5.11. The van der Waals surface area contributed by atoms with Crippen molar-refractivity contribution in [1.82, 2.24) is 5.32 Å². The number of hydrogen-bond acceptors (Lipinski definition) is 2. The van der Waals surface area contributed by atoms with E-state index in [1.807, 2.05) is 13.8 Å². The van der Waals surface area contributed by atoms with E-state index in [0.29, 0.717) is 5.92 Å². The lowest BCUT2D eigenvalue weighted by Crippen LogP contribution is -2.48. The van der Waals surface area contributed by atoms with Crippen LogP contribution >= 0.6 is 0 Å². The fourth-order valence-electron chi connectivity index (χ4n) is 2.20.